The average molecular weight is 352 g/mol. The number of halogens is 1. The lowest BCUT2D eigenvalue weighted by Crippen LogP contribution is -2.11. The van der Waals surface area contributed by atoms with Gasteiger partial charge in [0.25, 0.3) is 10.0 Å². The minimum Gasteiger partial charge on any atom is -0.477 e. The van der Waals surface area contributed by atoms with Crippen molar-refractivity contribution in [3.8, 4) is 0 Å². The molecule has 0 aliphatic heterocycles. The number of aromatic amines is 1. The highest BCUT2D eigenvalue weighted by Gasteiger charge is 2.18. The Kier molecular flexibility index (Phi) is 3.41. The van der Waals surface area contributed by atoms with E-state index in [1.54, 1.807) is 6.07 Å². The number of hydrogen-bond acceptors (Lipinski definition) is 5. The largest absolute Gasteiger partial charge is 0.477 e. The lowest BCUT2D eigenvalue weighted by atomic mass is 10.4. The third-order valence-electron chi connectivity index (χ3n) is 1.86. The van der Waals surface area contributed by atoms with E-state index >= 15 is 0 Å². The van der Waals surface area contributed by atoms with Crippen LogP contribution >= 0.6 is 27.3 Å². The van der Waals surface area contributed by atoms with Gasteiger partial charge in [-0.1, -0.05) is 0 Å². The first-order chi connectivity index (χ1) is 8.38. The van der Waals surface area contributed by atoms with Gasteiger partial charge < -0.3 is 5.11 Å². The van der Waals surface area contributed by atoms with E-state index in [2.05, 4.69) is 30.8 Å². The smallest absolute Gasteiger partial charge is 0.353 e. The Morgan fingerprint density at radius 2 is 2.22 bits per heavy atom. The molecule has 7 nitrogen and oxygen atoms in total. The molecule has 0 aromatic carbocycles. The third-order valence-corrected chi connectivity index (χ3v) is 5.33. The molecule has 10 heteroatoms. The summed E-state index contributed by atoms with van der Waals surface area (Å²) in [4.78, 5) is 10.6. The highest BCUT2D eigenvalue weighted by Crippen LogP contribution is 2.27. The maximum atomic E-state index is 11.9. The molecule has 2 rings (SSSR count). The second-order valence-electron chi connectivity index (χ2n) is 3.14. The van der Waals surface area contributed by atoms with Gasteiger partial charge in [0.05, 0.1) is 3.79 Å². The minimum atomic E-state index is -3.74. The summed E-state index contributed by atoms with van der Waals surface area (Å²) in [6, 6.07) is 4.14. The van der Waals surface area contributed by atoms with Gasteiger partial charge in [0.15, 0.2) is 5.82 Å². The standard InChI is InChI=1S/C8H6BrN3O4S2/c9-5-1-2-7(17-5)18(15,16)12-6-3-4(8(13)14)10-11-6/h1-3H,(H,13,14)(H2,10,11,12). The zero-order valence-corrected chi connectivity index (χ0v) is 11.8. The summed E-state index contributed by atoms with van der Waals surface area (Å²) in [6.07, 6.45) is 0. The summed E-state index contributed by atoms with van der Waals surface area (Å²) in [7, 11) is -3.74. The number of sulfonamides is 1. The van der Waals surface area contributed by atoms with Crippen molar-refractivity contribution < 1.29 is 18.3 Å². The number of H-pyrrole nitrogens is 1. The number of nitrogens with zero attached hydrogens (tertiary/aromatic N) is 1. The van der Waals surface area contributed by atoms with Crippen LogP contribution < -0.4 is 4.72 Å². The van der Waals surface area contributed by atoms with Gasteiger partial charge >= 0.3 is 5.97 Å². The Morgan fingerprint density at radius 3 is 2.72 bits per heavy atom. The number of aromatic nitrogens is 2. The number of carbonyl (C=O) groups is 1. The van der Waals surface area contributed by atoms with Crippen molar-refractivity contribution in [2.75, 3.05) is 4.72 Å². The summed E-state index contributed by atoms with van der Waals surface area (Å²) in [5.74, 6) is -1.29. The van der Waals surface area contributed by atoms with Crippen LogP contribution in [0.3, 0.4) is 0 Å². The lowest BCUT2D eigenvalue weighted by molar-refractivity contribution is 0.0690. The fourth-order valence-corrected chi connectivity index (χ4v) is 4.12. The van der Waals surface area contributed by atoms with Gasteiger partial charge in [-0.15, -0.1) is 11.3 Å². The van der Waals surface area contributed by atoms with E-state index in [9.17, 15) is 13.2 Å². The number of carboxylic acids is 1. The van der Waals surface area contributed by atoms with Crippen LogP contribution in [0.2, 0.25) is 0 Å². The Labute approximate surface area is 114 Å². The van der Waals surface area contributed by atoms with E-state index in [1.165, 1.54) is 6.07 Å². The molecule has 0 radical (unpaired) electrons. The minimum absolute atomic E-state index is 0.0723. The average Bonchev–Trinajstić information content (AvgIpc) is 2.86. The van der Waals surface area contributed by atoms with Gasteiger partial charge in [-0.05, 0) is 28.1 Å². The molecular formula is C8H6BrN3O4S2. The predicted octanol–water partition coefficient (Wildman–Crippen LogP) is 1.73. The molecule has 0 bridgehead atoms. The van der Waals surface area contributed by atoms with Gasteiger partial charge in [0.2, 0.25) is 0 Å². The van der Waals surface area contributed by atoms with Gasteiger partial charge in [-0.3, -0.25) is 9.82 Å². The topological polar surface area (TPSA) is 112 Å². The Morgan fingerprint density at radius 1 is 1.50 bits per heavy atom. The van der Waals surface area contributed by atoms with Crippen molar-refractivity contribution in [3.05, 3.63) is 27.7 Å². The molecule has 2 aromatic rings. The van der Waals surface area contributed by atoms with Crippen molar-refractivity contribution in [1.29, 1.82) is 0 Å². The first-order valence-corrected chi connectivity index (χ1v) is 7.54. The van der Waals surface area contributed by atoms with E-state index in [4.69, 9.17) is 5.11 Å². The summed E-state index contributed by atoms with van der Waals surface area (Å²) in [5, 5.41) is 14.4. The first-order valence-electron chi connectivity index (χ1n) is 4.45. The number of carboxylic acid groups (broad SMARTS) is 1. The van der Waals surface area contributed by atoms with E-state index in [0.717, 1.165) is 17.4 Å². The van der Waals surface area contributed by atoms with Crippen LogP contribution in [0.4, 0.5) is 5.82 Å². The van der Waals surface area contributed by atoms with Crippen LogP contribution in [-0.2, 0) is 10.0 Å². The molecule has 2 heterocycles. The van der Waals surface area contributed by atoms with Crippen molar-refractivity contribution >= 4 is 49.1 Å². The van der Waals surface area contributed by atoms with Crippen molar-refractivity contribution in [2.45, 2.75) is 4.21 Å². The van der Waals surface area contributed by atoms with Gasteiger partial charge in [-0.2, -0.15) is 5.10 Å². The van der Waals surface area contributed by atoms with Gasteiger partial charge in [-0.25, -0.2) is 13.2 Å². The van der Waals surface area contributed by atoms with Crippen LogP contribution in [0, 0.1) is 0 Å². The lowest BCUT2D eigenvalue weighted by Gasteiger charge is -2.01. The number of hydrogen-bond donors (Lipinski definition) is 3. The molecule has 18 heavy (non-hydrogen) atoms. The number of rotatable bonds is 4. The molecule has 2 aromatic heterocycles. The fraction of sp³-hybridized carbons (Fsp3) is 0. The van der Waals surface area contributed by atoms with Crippen LogP contribution in [0.1, 0.15) is 10.5 Å². The van der Waals surface area contributed by atoms with E-state index in [1.807, 2.05) is 0 Å². The molecule has 0 fully saturated rings. The molecule has 0 saturated heterocycles. The fourth-order valence-electron chi connectivity index (χ4n) is 1.11. The normalized spacial score (nSPS) is 11.4. The molecule has 0 atom stereocenters. The zero-order chi connectivity index (χ0) is 13.3. The van der Waals surface area contributed by atoms with Crippen molar-refractivity contribution in [2.24, 2.45) is 0 Å². The summed E-state index contributed by atoms with van der Waals surface area (Å²) in [5.41, 5.74) is -0.194. The Bertz CT molecular complexity index is 691. The number of thiophene rings is 1. The molecule has 0 aliphatic rings. The van der Waals surface area contributed by atoms with Crippen molar-refractivity contribution in [1.82, 2.24) is 10.2 Å². The third kappa shape index (κ3) is 2.71. The number of aromatic carboxylic acids is 1. The van der Waals surface area contributed by atoms with Crippen LogP contribution in [0.15, 0.2) is 26.2 Å². The molecule has 3 N–H and O–H groups in total. The quantitative estimate of drug-likeness (QED) is 0.776. The molecule has 0 saturated carbocycles. The zero-order valence-electron chi connectivity index (χ0n) is 8.55. The first kappa shape index (κ1) is 13.1. The number of nitrogens with one attached hydrogen (secondary N) is 2. The molecular weight excluding hydrogens is 346 g/mol. The SMILES string of the molecule is O=C(O)c1cc(NS(=O)(=O)c2ccc(Br)s2)n[nH]1. The Hall–Kier alpha value is -1.39. The summed E-state index contributed by atoms with van der Waals surface area (Å²) in [6.45, 7) is 0. The van der Waals surface area contributed by atoms with Gasteiger partial charge in [0, 0.05) is 6.07 Å². The van der Waals surface area contributed by atoms with E-state index in [-0.39, 0.29) is 15.7 Å². The summed E-state index contributed by atoms with van der Waals surface area (Å²) < 4.78 is 26.7. The highest BCUT2D eigenvalue weighted by molar-refractivity contribution is 9.11. The summed E-state index contributed by atoms with van der Waals surface area (Å²) >= 11 is 4.20. The predicted molar refractivity (Wildman–Crippen MR) is 68.4 cm³/mol. The second-order valence-corrected chi connectivity index (χ2v) is 7.51. The monoisotopic (exact) mass is 351 g/mol. The molecule has 96 valence electrons. The molecule has 0 spiro atoms. The van der Waals surface area contributed by atoms with Crippen LogP contribution in [0.5, 0.6) is 0 Å². The Balaban J connectivity index is 2.25. The van der Waals surface area contributed by atoms with Gasteiger partial charge in [0.1, 0.15) is 9.90 Å². The molecule has 0 aliphatic carbocycles. The maximum Gasteiger partial charge on any atom is 0.353 e. The highest BCUT2D eigenvalue weighted by atomic mass is 79.9. The van der Waals surface area contributed by atoms with E-state index < -0.39 is 16.0 Å². The van der Waals surface area contributed by atoms with Crippen LogP contribution in [-0.4, -0.2) is 29.7 Å². The number of anilines is 1. The van der Waals surface area contributed by atoms with Crippen molar-refractivity contribution in [3.63, 3.8) is 0 Å². The second kappa shape index (κ2) is 4.71. The maximum absolute atomic E-state index is 11.9. The molecule has 0 amide bonds. The van der Waals surface area contributed by atoms with E-state index in [0.29, 0.717) is 3.79 Å². The van der Waals surface area contributed by atoms with Crippen LogP contribution in [0.25, 0.3) is 0 Å². The molecule has 0 unspecified atom stereocenters.